The second-order valence-corrected chi connectivity index (χ2v) is 7.72. The molecule has 0 spiro atoms. The van der Waals surface area contributed by atoms with Gasteiger partial charge in [0, 0.05) is 24.6 Å². The SMILES string of the molecule is COc1cccc2c1OC[C@@H](CNC(=O)c1ccc(CN3CCCC3)cc1)C2. The summed E-state index contributed by atoms with van der Waals surface area (Å²) in [5.41, 5.74) is 3.12. The van der Waals surface area contributed by atoms with E-state index >= 15 is 0 Å². The van der Waals surface area contributed by atoms with Crippen LogP contribution in [0, 0.1) is 5.92 Å². The molecule has 2 aliphatic rings. The standard InChI is InChI=1S/C23H28N2O3/c1-27-21-6-4-5-20-13-18(16-28-22(20)21)14-24-23(26)19-9-7-17(8-10-19)15-25-11-2-3-12-25/h4-10,18H,2-3,11-16H2,1H3,(H,24,26)/t18-/m1/s1. The van der Waals surface area contributed by atoms with Crippen LogP contribution < -0.4 is 14.8 Å². The number of ether oxygens (including phenoxy) is 2. The van der Waals surface area contributed by atoms with Crippen LogP contribution in [0.5, 0.6) is 11.5 Å². The highest BCUT2D eigenvalue weighted by molar-refractivity contribution is 5.94. The Kier molecular flexibility index (Phi) is 5.81. The van der Waals surface area contributed by atoms with Gasteiger partial charge < -0.3 is 14.8 Å². The summed E-state index contributed by atoms with van der Waals surface area (Å²) in [6.45, 7) is 4.53. The number of carbonyl (C=O) groups excluding carboxylic acids is 1. The molecule has 0 saturated carbocycles. The van der Waals surface area contributed by atoms with E-state index in [1.165, 1.54) is 31.5 Å². The lowest BCUT2D eigenvalue weighted by Gasteiger charge is -2.26. The van der Waals surface area contributed by atoms with Crippen LogP contribution in [0.1, 0.15) is 34.3 Å². The number of amides is 1. The van der Waals surface area contributed by atoms with Crippen LogP contribution in [-0.2, 0) is 13.0 Å². The van der Waals surface area contributed by atoms with E-state index in [2.05, 4.69) is 28.4 Å². The number of benzene rings is 2. The smallest absolute Gasteiger partial charge is 0.251 e. The predicted octanol–water partition coefficient (Wildman–Crippen LogP) is 3.27. The van der Waals surface area contributed by atoms with Crippen LogP contribution in [0.2, 0.25) is 0 Å². The average Bonchev–Trinajstić information content (AvgIpc) is 3.25. The third-order valence-corrected chi connectivity index (χ3v) is 5.62. The van der Waals surface area contributed by atoms with Crippen LogP contribution in [0.3, 0.4) is 0 Å². The molecule has 2 aromatic carbocycles. The summed E-state index contributed by atoms with van der Waals surface area (Å²) in [5.74, 6) is 1.84. The summed E-state index contributed by atoms with van der Waals surface area (Å²) in [5, 5.41) is 3.06. The average molecular weight is 380 g/mol. The fourth-order valence-corrected chi connectivity index (χ4v) is 4.05. The van der Waals surface area contributed by atoms with Gasteiger partial charge in [0.2, 0.25) is 0 Å². The molecule has 0 bridgehead atoms. The first-order chi connectivity index (χ1) is 13.7. The normalized spacial score (nSPS) is 19.0. The second-order valence-electron chi connectivity index (χ2n) is 7.72. The predicted molar refractivity (Wildman–Crippen MR) is 109 cm³/mol. The zero-order chi connectivity index (χ0) is 19.3. The van der Waals surface area contributed by atoms with Crippen LogP contribution in [0.25, 0.3) is 0 Å². The lowest BCUT2D eigenvalue weighted by molar-refractivity contribution is 0.0938. The molecule has 5 heteroatoms. The Hall–Kier alpha value is -2.53. The number of para-hydroxylation sites is 1. The number of likely N-dealkylation sites (tertiary alicyclic amines) is 1. The molecule has 28 heavy (non-hydrogen) atoms. The largest absolute Gasteiger partial charge is 0.493 e. The van der Waals surface area contributed by atoms with Crippen molar-refractivity contribution in [3.8, 4) is 11.5 Å². The lowest BCUT2D eigenvalue weighted by Crippen LogP contribution is -2.34. The minimum Gasteiger partial charge on any atom is -0.493 e. The maximum Gasteiger partial charge on any atom is 0.251 e. The Labute approximate surface area is 166 Å². The van der Waals surface area contributed by atoms with Crippen molar-refractivity contribution in [3.63, 3.8) is 0 Å². The summed E-state index contributed by atoms with van der Waals surface area (Å²) >= 11 is 0. The molecule has 2 aliphatic heterocycles. The Bertz CT molecular complexity index is 813. The van der Waals surface area contributed by atoms with Crippen LogP contribution in [-0.4, -0.2) is 44.2 Å². The zero-order valence-electron chi connectivity index (χ0n) is 16.4. The third-order valence-electron chi connectivity index (χ3n) is 5.62. The number of hydrogen-bond donors (Lipinski definition) is 1. The fraction of sp³-hybridized carbons (Fsp3) is 0.435. The number of rotatable bonds is 6. The van der Waals surface area contributed by atoms with Gasteiger partial charge in [0.1, 0.15) is 0 Å². The van der Waals surface area contributed by atoms with Crippen molar-refractivity contribution in [2.75, 3.05) is 33.4 Å². The summed E-state index contributed by atoms with van der Waals surface area (Å²) in [6.07, 6.45) is 3.47. The Morgan fingerprint density at radius 3 is 2.71 bits per heavy atom. The molecule has 1 N–H and O–H groups in total. The van der Waals surface area contributed by atoms with E-state index in [1.54, 1.807) is 7.11 Å². The van der Waals surface area contributed by atoms with Gasteiger partial charge in [0.15, 0.2) is 11.5 Å². The van der Waals surface area contributed by atoms with E-state index in [1.807, 2.05) is 24.3 Å². The highest BCUT2D eigenvalue weighted by atomic mass is 16.5. The number of hydrogen-bond acceptors (Lipinski definition) is 4. The van der Waals surface area contributed by atoms with Crippen LogP contribution in [0.15, 0.2) is 42.5 Å². The van der Waals surface area contributed by atoms with Gasteiger partial charge in [-0.05, 0) is 61.7 Å². The first kappa shape index (κ1) is 18.8. The van der Waals surface area contributed by atoms with Gasteiger partial charge in [-0.2, -0.15) is 0 Å². The molecular formula is C23H28N2O3. The van der Waals surface area contributed by atoms with Crippen LogP contribution >= 0.6 is 0 Å². The van der Waals surface area contributed by atoms with Crippen molar-refractivity contribution >= 4 is 5.91 Å². The quantitative estimate of drug-likeness (QED) is 0.836. The highest BCUT2D eigenvalue weighted by Gasteiger charge is 2.23. The molecule has 2 aromatic rings. The molecule has 1 fully saturated rings. The fourth-order valence-electron chi connectivity index (χ4n) is 4.05. The highest BCUT2D eigenvalue weighted by Crippen LogP contribution is 2.35. The number of nitrogens with one attached hydrogen (secondary N) is 1. The topological polar surface area (TPSA) is 50.8 Å². The molecule has 0 aromatic heterocycles. The van der Waals surface area contributed by atoms with Crippen molar-refractivity contribution in [3.05, 3.63) is 59.2 Å². The van der Waals surface area contributed by atoms with E-state index in [0.717, 1.165) is 30.0 Å². The summed E-state index contributed by atoms with van der Waals surface area (Å²) in [7, 11) is 1.65. The minimum atomic E-state index is -0.0239. The van der Waals surface area contributed by atoms with Crippen LogP contribution in [0.4, 0.5) is 0 Å². The van der Waals surface area contributed by atoms with Gasteiger partial charge in [-0.15, -0.1) is 0 Å². The third kappa shape index (κ3) is 4.30. The Morgan fingerprint density at radius 1 is 1.18 bits per heavy atom. The van der Waals surface area contributed by atoms with E-state index in [-0.39, 0.29) is 11.8 Å². The maximum absolute atomic E-state index is 12.5. The monoisotopic (exact) mass is 380 g/mol. The molecule has 5 nitrogen and oxygen atoms in total. The molecule has 1 atom stereocenters. The van der Waals surface area contributed by atoms with E-state index < -0.39 is 0 Å². The zero-order valence-corrected chi connectivity index (χ0v) is 16.4. The summed E-state index contributed by atoms with van der Waals surface area (Å²) in [4.78, 5) is 15.0. The number of methoxy groups -OCH3 is 1. The van der Waals surface area contributed by atoms with E-state index in [4.69, 9.17) is 9.47 Å². The van der Waals surface area contributed by atoms with Gasteiger partial charge in [0.25, 0.3) is 5.91 Å². The van der Waals surface area contributed by atoms with Gasteiger partial charge in [-0.3, -0.25) is 9.69 Å². The van der Waals surface area contributed by atoms with Crippen molar-refractivity contribution in [1.29, 1.82) is 0 Å². The first-order valence-electron chi connectivity index (χ1n) is 10.1. The molecule has 0 aliphatic carbocycles. The Balaban J connectivity index is 1.29. The minimum absolute atomic E-state index is 0.0239. The molecule has 1 amide bonds. The lowest BCUT2D eigenvalue weighted by atomic mass is 9.96. The van der Waals surface area contributed by atoms with Gasteiger partial charge in [-0.25, -0.2) is 0 Å². The molecule has 0 radical (unpaired) electrons. The van der Waals surface area contributed by atoms with Crippen molar-refractivity contribution in [1.82, 2.24) is 10.2 Å². The van der Waals surface area contributed by atoms with Crippen molar-refractivity contribution in [2.24, 2.45) is 5.92 Å². The van der Waals surface area contributed by atoms with Gasteiger partial charge in [-0.1, -0.05) is 24.3 Å². The summed E-state index contributed by atoms with van der Waals surface area (Å²) in [6, 6.07) is 13.9. The second kappa shape index (κ2) is 8.65. The maximum atomic E-state index is 12.5. The van der Waals surface area contributed by atoms with Gasteiger partial charge >= 0.3 is 0 Å². The van der Waals surface area contributed by atoms with Crippen molar-refractivity contribution in [2.45, 2.75) is 25.8 Å². The molecule has 1 saturated heterocycles. The van der Waals surface area contributed by atoms with Crippen molar-refractivity contribution < 1.29 is 14.3 Å². The molecular weight excluding hydrogens is 352 g/mol. The Morgan fingerprint density at radius 2 is 1.96 bits per heavy atom. The number of fused-ring (bicyclic) bond motifs is 1. The molecule has 0 unspecified atom stereocenters. The van der Waals surface area contributed by atoms with E-state index in [9.17, 15) is 4.79 Å². The molecule has 148 valence electrons. The number of nitrogens with zero attached hydrogens (tertiary/aromatic N) is 1. The summed E-state index contributed by atoms with van der Waals surface area (Å²) < 4.78 is 11.3. The first-order valence-corrected chi connectivity index (χ1v) is 10.1. The number of carbonyl (C=O) groups is 1. The molecule has 2 heterocycles. The van der Waals surface area contributed by atoms with E-state index in [0.29, 0.717) is 18.7 Å². The van der Waals surface area contributed by atoms with Gasteiger partial charge in [0.05, 0.1) is 13.7 Å². The molecule has 4 rings (SSSR count).